The molecule has 0 aliphatic rings. The minimum atomic E-state index is -0.667. The van der Waals surface area contributed by atoms with Crippen LogP contribution in [0.4, 0.5) is 4.39 Å². The Bertz CT molecular complexity index is 505. The number of aliphatic hydroxyl groups is 1. The Hall–Kier alpha value is -1.46. The van der Waals surface area contributed by atoms with Crippen LogP contribution in [-0.2, 0) is 0 Å². The number of aromatic nitrogens is 2. The summed E-state index contributed by atoms with van der Waals surface area (Å²) in [4.78, 5) is 8.44. The van der Waals surface area contributed by atoms with E-state index >= 15 is 0 Å². The quantitative estimate of drug-likeness (QED) is 0.909. The van der Waals surface area contributed by atoms with E-state index in [1.165, 1.54) is 17.8 Å². The van der Waals surface area contributed by atoms with Crippen molar-refractivity contribution in [2.24, 2.45) is 0 Å². The maximum atomic E-state index is 13.7. The predicted octanol–water partition coefficient (Wildman–Crippen LogP) is 2.82. The molecule has 0 amide bonds. The maximum Gasteiger partial charge on any atom is 0.137 e. The van der Waals surface area contributed by atoms with Gasteiger partial charge < -0.3 is 5.11 Å². The van der Waals surface area contributed by atoms with Gasteiger partial charge in [-0.2, -0.15) is 0 Å². The molecule has 0 aliphatic carbocycles. The summed E-state index contributed by atoms with van der Waals surface area (Å²) in [5, 5.41) is 9.97. The first kappa shape index (κ1) is 12.0. The van der Waals surface area contributed by atoms with Gasteiger partial charge >= 0.3 is 0 Å². The number of nitrogens with zero attached hydrogens (tertiary/aromatic N) is 2. The molecule has 1 atom stereocenters. The monoisotopic (exact) mass is 250 g/mol. The second-order valence-electron chi connectivity index (χ2n) is 3.51. The van der Waals surface area contributed by atoms with Gasteiger partial charge in [0, 0.05) is 17.3 Å². The summed E-state index contributed by atoms with van der Waals surface area (Å²) >= 11 is 1.20. The molecule has 2 rings (SSSR count). The van der Waals surface area contributed by atoms with Gasteiger partial charge in [0.15, 0.2) is 0 Å². The van der Waals surface area contributed by atoms with Crippen molar-refractivity contribution in [2.75, 3.05) is 0 Å². The van der Waals surface area contributed by atoms with Crippen molar-refractivity contribution in [1.29, 1.82) is 0 Å². The van der Waals surface area contributed by atoms with Crippen molar-refractivity contribution in [1.82, 2.24) is 9.97 Å². The molecule has 1 heterocycles. The fourth-order valence-corrected chi connectivity index (χ4v) is 2.06. The summed E-state index contributed by atoms with van der Waals surface area (Å²) in [5.74, 6) is -0.362. The molecule has 1 N–H and O–H groups in total. The van der Waals surface area contributed by atoms with Gasteiger partial charge in [0.1, 0.15) is 10.8 Å². The summed E-state index contributed by atoms with van der Waals surface area (Å²) in [5.41, 5.74) is 0.561. The Balaban J connectivity index is 2.23. The third-order valence-electron chi connectivity index (χ3n) is 2.19. The van der Waals surface area contributed by atoms with E-state index < -0.39 is 6.10 Å². The van der Waals surface area contributed by atoms with E-state index in [1.807, 2.05) is 0 Å². The molecule has 0 saturated heterocycles. The zero-order valence-electron chi connectivity index (χ0n) is 9.17. The Kier molecular flexibility index (Phi) is 3.71. The van der Waals surface area contributed by atoms with Gasteiger partial charge in [0.05, 0.1) is 12.3 Å². The van der Waals surface area contributed by atoms with Crippen molar-refractivity contribution < 1.29 is 9.50 Å². The second-order valence-corrected chi connectivity index (χ2v) is 4.57. The third-order valence-corrected chi connectivity index (χ3v) is 3.16. The van der Waals surface area contributed by atoms with Gasteiger partial charge in [-0.1, -0.05) is 17.8 Å². The van der Waals surface area contributed by atoms with Crippen LogP contribution in [0.1, 0.15) is 18.6 Å². The summed E-state index contributed by atoms with van der Waals surface area (Å²) < 4.78 is 13.7. The van der Waals surface area contributed by atoms with Crippen LogP contribution >= 0.6 is 11.8 Å². The van der Waals surface area contributed by atoms with Gasteiger partial charge in [0.25, 0.3) is 0 Å². The number of hydrogen-bond acceptors (Lipinski definition) is 4. The van der Waals surface area contributed by atoms with Crippen LogP contribution in [0.3, 0.4) is 0 Å². The first-order chi connectivity index (χ1) is 8.16. The molecule has 0 spiro atoms. The lowest BCUT2D eigenvalue weighted by atomic mass is 10.1. The highest BCUT2D eigenvalue weighted by atomic mass is 32.2. The Morgan fingerprint density at radius 2 is 2.18 bits per heavy atom. The van der Waals surface area contributed by atoms with Crippen molar-refractivity contribution in [2.45, 2.75) is 22.9 Å². The van der Waals surface area contributed by atoms with Gasteiger partial charge in [-0.15, -0.1) is 0 Å². The van der Waals surface area contributed by atoms with E-state index in [0.717, 1.165) is 0 Å². The van der Waals surface area contributed by atoms with Gasteiger partial charge in [-0.25, -0.2) is 9.37 Å². The minimum absolute atomic E-state index is 0.362. The van der Waals surface area contributed by atoms with Crippen LogP contribution in [0, 0.1) is 5.82 Å². The number of rotatable bonds is 3. The van der Waals surface area contributed by atoms with E-state index in [-0.39, 0.29) is 5.82 Å². The number of benzene rings is 1. The predicted molar refractivity (Wildman–Crippen MR) is 63.2 cm³/mol. The molecular weight excluding hydrogens is 239 g/mol. The highest BCUT2D eigenvalue weighted by Crippen LogP contribution is 2.29. The molecule has 5 heteroatoms. The van der Waals surface area contributed by atoms with Gasteiger partial charge in [0.2, 0.25) is 0 Å². The molecule has 88 valence electrons. The minimum Gasteiger partial charge on any atom is -0.389 e. The Labute approximate surface area is 103 Å². The van der Waals surface area contributed by atoms with Crippen LogP contribution in [0.25, 0.3) is 0 Å². The highest BCUT2D eigenvalue weighted by Gasteiger charge is 2.08. The van der Waals surface area contributed by atoms with E-state index in [0.29, 0.717) is 15.5 Å². The molecule has 0 saturated carbocycles. The highest BCUT2D eigenvalue weighted by molar-refractivity contribution is 7.99. The molecule has 2 aromatic rings. The SMILES string of the molecule is C[C@@H](O)c1ccc(Sc2cnccn2)c(F)c1. The number of hydrogen-bond donors (Lipinski definition) is 1. The fourth-order valence-electron chi connectivity index (χ4n) is 1.31. The summed E-state index contributed by atoms with van der Waals surface area (Å²) in [6.45, 7) is 1.60. The molecule has 1 aromatic heterocycles. The summed E-state index contributed by atoms with van der Waals surface area (Å²) in [6, 6.07) is 4.67. The molecule has 0 radical (unpaired) electrons. The lowest BCUT2D eigenvalue weighted by Gasteiger charge is -2.07. The zero-order chi connectivity index (χ0) is 12.3. The second kappa shape index (κ2) is 5.25. The lowest BCUT2D eigenvalue weighted by Crippen LogP contribution is -1.93. The van der Waals surface area contributed by atoms with Crippen molar-refractivity contribution in [3.63, 3.8) is 0 Å². The molecule has 0 unspecified atom stereocenters. The molecule has 3 nitrogen and oxygen atoms in total. The van der Waals surface area contributed by atoms with E-state index in [2.05, 4.69) is 9.97 Å². The normalized spacial score (nSPS) is 12.4. The Morgan fingerprint density at radius 3 is 2.76 bits per heavy atom. The van der Waals surface area contributed by atoms with Crippen LogP contribution in [-0.4, -0.2) is 15.1 Å². The van der Waals surface area contributed by atoms with Crippen molar-refractivity contribution in [3.8, 4) is 0 Å². The first-order valence-electron chi connectivity index (χ1n) is 5.08. The number of aliphatic hydroxyl groups excluding tert-OH is 1. The van der Waals surface area contributed by atoms with Gasteiger partial charge in [-0.05, 0) is 24.6 Å². The first-order valence-corrected chi connectivity index (χ1v) is 5.90. The molecular formula is C12H11FN2OS. The fraction of sp³-hybridized carbons (Fsp3) is 0.167. The van der Waals surface area contributed by atoms with E-state index in [4.69, 9.17) is 0 Å². The lowest BCUT2D eigenvalue weighted by molar-refractivity contribution is 0.198. The largest absolute Gasteiger partial charge is 0.389 e. The van der Waals surface area contributed by atoms with Gasteiger partial charge in [-0.3, -0.25) is 4.98 Å². The average molecular weight is 250 g/mol. The van der Waals surface area contributed by atoms with Crippen molar-refractivity contribution >= 4 is 11.8 Å². The van der Waals surface area contributed by atoms with Crippen LogP contribution < -0.4 is 0 Å². The standard InChI is InChI=1S/C12H11FN2OS/c1-8(16)9-2-3-11(10(13)6-9)17-12-7-14-4-5-15-12/h2-8,16H,1H3/t8-/m1/s1. The zero-order valence-corrected chi connectivity index (χ0v) is 9.99. The summed E-state index contributed by atoms with van der Waals surface area (Å²) in [7, 11) is 0. The average Bonchev–Trinajstić information content (AvgIpc) is 2.33. The maximum absolute atomic E-state index is 13.7. The van der Waals surface area contributed by atoms with Crippen molar-refractivity contribution in [3.05, 3.63) is 48.2 Å². The van der Waals surface area contributed by atoms with E-state index in [1.54, 1.807) is 37.6 Å². The smallest absolute Gasteiger partial charge is 0.137 e. The summed E-state index contributed by atoms with van der Waals surface area (Å²) in [6.07, 6.45) is 4.04. The third kappa shape index (κ3) is 3.01. The topological polar surface area (TPSA) is 46.0 Å². The molecule has 0 fully saturated rings. The van der Waals surface area contributed by atoms with Crippen LogP contribution in [0.2, 0.25) is 0 Å². The van der Waals surface area contributed by atoms with Crippen LogP contribution in [0.5, 0.6) is 0 Å². The van der Waals surface area contributed by atoms with E-state index in [9.17, 15) is 9.50 Å². The molecule has 0 aliphatic heterocycles. The van der Waals surface area contributed by atoms with Crippen LogP contribution in [0.15, 0.2) is 46.7 Å². The number of halogens is 1. The molecule has 17 heavy (non-hydrogen) atoms. The Morgan fingerprint density at radius 1 is 1.35 bits per heavy atom. The molecule has 0 bridgehead atoms. The molecule has 1 aromatic carbocycles.